The molecule has 2 aliphatic rings. The molecular formula is C36H26O. The summed E-state index contributed by atoms with van der Waals surface area (Å²) in [5.41, 5.74) is 9.88. The van der Waals surface area contributed by atoms with E-state index in [1.165, 1.54) is 22.3 Å². The predicted octanol–water partition coefficient (Wildman–Crippen LogP) is 8.38. The highest BCUT2D eigenvalue weighted by Gasteiger charge is 2.42. The molecule has 0 bridgehead atoms. The summed E-state index contributed by atoms with van der Waals surface area (Å²) in [7, 11) is 0. The van der Waals surface area contributed by atoms with Crippen LogP contribution in [0.3, 0.4) is 0 Å². The zero-order valence-corrected chi connectivity index (χ0v) is 20.5. The Bertz CT molecular complexity index is 1740. The van der Waals surface area contributed by atoms with Crippen molar-refractivity contribution < 1.29 is 5.11 Å². The molecule has 1 unspecified atom stereocenters. The number of hydrogen-bond acceptors (Lipinski definition) is 1. The summed E-state index contributed by atoms with van der Waals surface area (Å²) in [4.78, 5) is 0. The molecule has 0 spiro atoms. The van der Waals surface area contributed by atoms with E-state index >= 15 is 0 Å². The molecule has 1 heteroatoms. The number of allylic oxidation sites excluding steroid dienone is 4. The number of benzene rings is 5. The minimum atomic E-state index is -1.18. The quantitative estimate of drug-likeness (QED) is 0.277. The highest BCUT2D eigenvalue weighted by atomic mass is 16.3. The Kier molecular flexibility index (Phi) is 4.73. The van der Waals surface area contributed by atoms with Crippen molar-refractivity contribution >= 4 is 16.3 Å². The van der Waals surface area contributed by atoms with Crippen LogP contribution in [0.2, 0.25) is 0 Å². The van der Waals surface area contributed by atoms with E-state index in [-0.39, 0.29) is 5.92 Å². The third kappa shape index (κ3) is 2.95. The second-order valence-corrected chi connectivity index (χ2v) is 9.92. The van der Waals surface area contributed by atoms with Gasteiger partial charge in [0.25, 0.3) is 0 Å². The summed E-state index contributed by atoms with van der Waals surface area (Å²) in [6.45, 7) is 8.20. The van der Waals surface area contributed by atoms with E-state index in [1.54, 1.807) is 0 Å². The lowest BCUT2D eigenvalue weighted by Gasteiger charge is -2.27. The van der Waals surface area contributed by atoms with Crippen LogP contribution in [-0.4, -0.2) is 5.11 Å². The van der Waals surface area contributed by atoms with Crippen LogP contribution in [0.25, 0.3) is 27.5 Å². The first-order valence-electron chi connectivity index (χ1n) is 12.7. The molecule has 1 nitrogen and oxygen atoms in total. The van der Waals surface area contributed by atoms with Crippen molar-refractivity contribution in [1.82, 2.24) is 0 Å². The molecule has 5 aromatic carbocycles. The molecular weight excluding hydrogens is 448 g/mol. The highest BCUT2D eigenvalue weighted by Crippen LogP contribution is 2.51. The van der Waals surface area contributed by atoms with Gasteiger partial charge in [0.2, 0.25) is 0 Å². The van der Waals surface area contributed by atoms with Crippen LogP contribution in [0.15, 0.2) is 140 Å². The minimum Gasteiger partial charge on any atom is -0.376 e. The molecule has 5 aromatic rings. The van der Waals surface area contributed by atoms with E-state index in [9.17, 15) is 5.11 Å². The molecule has 7 rings (SSSR count). The average Bonchev–Trinajstić information content (AvgIpc) is 3.43. The van der Waals surface area contributed by atoms with Crippen LogP contribution in [0.4, 0.5) is 0 Å². The Hall–Kier alpha value is -4.46. The second kappa shape index (κ2) is 8.03. The van der Waals surface area contributed by atoms with Gasteiger partial charge in [-0.05, 0) is 61.4 Å². The number of hydrogen-bond donors (Lipinski definition) is 1. The fraction of sp³-hybridized carbons (Fsp3) is 0.0556. The van der Waals surface area contributed by atoms with Gasteiger partial charge in [0.05, 0.1) is 0 Å². The van der Waals surface area contributed by atoms with Crippen LogP contribution in [0, 0.1) is 0 Å². The van der Waals surface area contributed by atoms with Crippen molar-refractivity contribution in [3.8, 4) is 11.1 Å². The van der Waals surface area contributed by atoms with E-state index < -0.39 is 5.60 Å². The van der Waals surface area contributed by atoms with Gasteiger partial charge in [-0.2, -0.15) is 0 Å². The zero-order valence-electron chi connectivity index (χ0n) is 20.5. The van der Waals surface area contributed by atoms with Crippen molar-refractivity contribution in [2.75, 3.05) is 0 Å². The summed E-state index contributed by atoms with van der Waals surface area (Å²) >= 11 is 0. The Morgan fingerprint density at radius 2 is 1.22 bits per heavy atom. The van der Waals surface area contributed by atoms with E-state index in [1.807, 2.05) is 48.6 Å². The van der Waals surface area contributed by atoms with Gasteiger partial charge < -0.3 is 5.11 Å². The van der Waals surface area contributed by atoms with Crippen LogP contribution in [0.5, 0.6) is 0 Å². The van der Waals surface area contributed by atoms with Gasteiger partial charge in [-0.1, -0.05) is 128 Å². The maximum atomic E-state index is 12.3. The second-order valence-electron chi connectivity index (χ2n) is 9.92. The first kappa shape index (κ1) is 21.8. The van der Waals surface area contributed by atoms with E-state index in [2.05, 4.69) is 86.0 Å². The van der Waals surface area contributed by atoms with Gasteiger partial charge in [0.15, 0.2) is 0 Å². The summed E-state index contributed by atoms with van der Waals surface area (Å²) in [5.74, 6) is 0.128. The summed E-state index contributed by atoms with van der Waals surface area (Å²) < 4.78 is 0. The molecule has 0 fully saturated rings. The SMILES string of the molecule is C=CC1=C(C=C)C(c2ccc3cc(C4(O)c5ccccc5-c5ccccc54)ccc3c2)c2ccccc21. The third-order valence-electron chi connectivity index (χ3n) is 8.15. The summed E-state index contributed by atoms with van der Waals surface area (Å²) in [6.07, 6.45) is 3.92. The number of fused-ring (bicyclic) bond motifs is 5. The lowest BCUT2D eigenvalue weighted by Crippen LogP contribution is -2.26. The molecule has 2 aliphatic carbocycles. The molecule has 0 aliphatic heterocycles. The smallest absolute Gasteiger partial charge is 0.141 e. The fourth-order valence-corrected chi connectivity index (χ4v) is 6.48. The molecule has 176 valence electrons. The Morgan fingerprint density at radius 3 is 1.89 bits per heavy atom. The molecule has 0 amide bonds. The van der Waals surface area contributed by atoms with Gasteiger partial charge >= 0.3 is 0 Å². The van der Waals surface area contributed by atoms with Crippen molar-refractivity contribution in [2.24, 2.45) is 0 Å². The molecule has 37 heavy (non-hydrogen) atoms. The van der Waals surface area contributed by atoms with Gasteiger partial charge in [-0.3, -0.25) is 0 Å². The third-order valence-corrected chi connectivity index (χ3v) is 8.15. The van der Waals surface area contributed by atoms with Crippen molar-refractivity contribution in [3.63, 3.8) is 0 Å². The van der Waals surface area contributed by atoms with Gasteiger partial charge in [-0.25, -0.2) is 0 Å². The first-order chi connectivity index (χ1) is 18.1. The summed E-state index contributed by atoms with van der Waals surface area (Å²) in [6, 6.07) is 37.9. The van der Waals surface area contributed by atoms with Crippen molar-refractivity contribution in [1.29, 1.82) is 0 Å². The van der Waals surface area contributed by atoms with E-state index in [0.717, 1.165) is 44.2 Å². The predicted molar refractivity (Wildman–Crippen MR) is 154 cm³/mol. The summed E-state index contributed by atoms with van der Waals surface area (Å²) in [5, 5.41) is 14.5. The van der Waals surface area contributed by atoms with Crippen LogP contribution in [0.1, 0.15) is 39.3 Å². The largest absolute Gasteiger partial charge is 0.376 e. The van der Waals surface area contributed by atoms with Gasteiger partial charge in [0.1, 0.15) is 5.60 Å². The van der Waals surface area contributed by atoms with Gasteiger partial charge in [-0.15, -0.1) is 0 Å². The highest BCUT2D eigenvalue weighted by molar-refractivity contribution is 5.90. The van der Waals surface area contributed by atoms with Gasteiger partial charge in [0, 0.05) is 17.0 Å². The normalized spacial score (nSPS) is 16.8. The average molecular weight is 475 g/mol. The van der Waals surface area contributed by atoms with Crippen molar-refractivity contribution in [2.45, 2.75) is 11.5 Å². The molecule has 1 atom stereocenters. The monoisotopic (exact) mass is 474 g/mol. The Balaban J connectivity index is 1.37. The Morgan fingerprint density at radius 1 is 0.622 bits per heavy atom. The lowest BCUT2D eigenvalue weighted by molar-refractivity contribution is 0.131. The number of rotatable bonds is 4. The fourth-order valence-electron chi connectivity index (χ4n) is 6.48. The molecule has 1 N–H and O–H groups in total. The van der Waals surface area contributed by atoms with E-state index in [0.29, 0.717) is 0 Å². The maximum absolute atomic E-state index is 12.3. The lowest BCUT2D eigenvalue weighted by atomic mass is 9.82. The molecule has 0 saturated carbocycles. The topological polar surface area (TPSA) is 20.2 Å². The molecule has 0 aromatic heterocycles. The Labute approximate surface area is 217 Å². The maximum Gasteiger partial charge on any atom is 0.141 e. The minimum absolute atomic E-state index is 0.128. The van der Waals surface area contributed by atoms with Crippen LogP contribution < -0.4 is 0 Å². The number of aliphatic hydroxyl groups is 1. The van der Waals surface area contributed by atoms with Crippen LogP contribution in [-0.2, 0) is 5.60 Å². The van der Waals surface area contributed by atoms with Crippen LogP contribution >= 0.6 is 0 Å². The molecule has 0 heterocycles. The first-order valence-corrected chi connectivity index (χ1v) is 12.7. The molecule has 0 radical (unpaired) electrons. The zero-order chi connectivity index (χ0) is 25.1. The van der Waals surface area contributed by atoms with E-state index in [4.69, 9.17) is 0 Å². The van der Waals surface area contributed by atoms with Crippen molar-refractivity contribution in [3.05, 3.63) is 173 Å². The molecule has 0 saturated heterocycles. The standard InChI is InChI=1S/C36H26O/c1-3-27-28(4-2)35(32-14-6-5-11-29(27)32)25-18-17-24-22-26(20-19-23(24)21-25)36(37)33-15-9-7-12-30(33)31-13-8-10-16-34(31)36/h3-22,35,37H,1-2H2.